The zero-order valence-corrected chi connectivity index (χ0v) is 10.4. The first-order valence-electron chi connectivity index (χ1n) is 5.86. The maximum atomic E-state index is 10.7. The van der Waals surface area contributed by atoms with E-state index >= 15 is 0 Å². The smallest absolute Gasteiger partial charge is 0.0906 e. The van der Waals surface area contributed by atoms with Crippen molar-refractivity contribution in [2.45, 2.75) is 69.8 Å². The van der Waals surface area contributed by atoms with Gasteiger partial charge < -0.3 is 5.11 Å². The molecule has 1 unspecified atom stereocenters. The van der Waals surface area contributed by atoms with E-state index in [1.807, 2.05) is 0 Å². The van der Waals surface area contributed by atoms with Crippen molar-refractivity contribution < 1.29 is 5.11 Å². The molecule has 0 bridgehead atoms. The van der Waals surface area contributed by atoms with Gasteiger partial charge in [-0.1, -0.05) is 51.7 Å². The maximum absolute atomic E-state index is 10.7. The number of hydrogen-bond donors (Lipinski definition) is 1. The lowest BCUT2D eigenvalue weighted by molar-refractivity contribution is 0.0883. The summed E-state index contributed by atoms with van der Waals surface area (Å²) in [5, 5.41) is 10.4. The third kappa shape index (κ3) is 1.71. The molecule has 2 heteroatoms. The van der Waals surface area contributed by atoms with Crippen molar-refractivity contribution in [3.63, 3.8) is 0 Å². The summed E-state index contributed by atoms with van der Waals surface area (Å²) < 4.78 is 0. The molecule has 1 nitrogen and oxygen atoms in total. The Hall–Kier alpha value is 0.177. The van der Waals surface area contributed by atoms with Crippen LogP contribution in [0.4, 0.5) is 0 Å². The van der Waals surface area contributed by atoms with Crippen LogP contribution < -0.4 is 0 Å². The molecule has 0 radical (unpaired) electrons. The van der Waals surface area contributed by atoms with Gasteiger partial charge in [-0.05, 0) is 12.8 Å². The largest absolute Gasteiger partial charge is 0.393 e. The monoisotopic (exact) mass is 200 g/mol. The molecule has 1 fully saturated rings. The van der Waals surface area contributed by atoms with Gasteiger partial charge in [0.2, 0.25) is 0 Å². The third-order valence-electron chi connectivity index (χ3n) is 4.42. The molecular weight excluding hydrogens is 176 g/mol. The van der Waals surface area contributed by atoms with Crippen molar-refractivity contribution in [1.82, 2.24) is 0 Å². The molecule has 13 heavy (non-hydrogen) atoms. The van der Waals surface area contributed by atoms with Crippen LogP contribution in [0.2, 0.25) is 18.1 Å². The standard InChI is InChI=1S/C11H24OSi/c1-4-11(12)9-7-8-10-13(11,5-2)6-3/h12H,4-10H2,1-3H3. The number of hydrogen-bond acceptors (Lipinski definition) is 1. The molecule has 0 aromatic rings. The lowest BCUT2D eigenvalue weighted by Crippen LogP contribution is -2.59. The second-order valence-corrected chi connectivity index (χ2v) is 9.99. The van der Waals surface area contributed by atoms with Crippen LogP contribution >= 0.6 is 0 Å². The number of aliphatic hydroxyl groups is 1. The molecule has 1 aliphatic heterocycles. The van der Waals surface area contributed by atoms with Crippen LogP contribution in [0.5, 0.6) is 0 Å². The van der Waals surface area contributed by atoms with Gasteiger partial charge in [-0.2, -0.15) is 0 Å². The molecule has 1 rings (SSSR count). The van der Waals surface area contributed by atoms with Crippen molar-refractivity contribution in [1.29, 1.82) is 0 Å². The Labute approximate surface area is 83.6 Å². The van der Waals surface area contributed by atoms with Crippen LogP contribution in [-0.4, -0.2) is 18.4 Å². The molecule has 0 spiro atoms. The van der Waals surface area contributed by atoms with Gasteiger partial charge in [0.05, 0.1) is 13.3 Å². The van der Waals surface area contributed by atoms with Gasteiger partial charge in [-0.15, -0.1) is 0 Å². The SMILES string of the molecule is CCC1(O)CCCC[Si]1(CC)CC. The van der Waals surface area contributed by atoms with Crippen LogP contribution in [0.15, 0.2) is 0 Å². The molecule has 1 aliphatic rings. The summed E-state index contributed by atoms with van der Waals surface area (Å²) in [6, 6.07) is 3.91. The Morgan fingerprint density at radius 2 is 1.77 bits per heavy atom. The molecule has 0 aromatic carbocycles. The molecule has 0 saturated carbocycles. The normalized spacial score (nSPS) is 33.2. The summed E-state index contributed by atoms with van der Waals surface area (Å²) in [6.07, 6.45) is 4.69. The van der Waals surface area contributed by atoms with Crippen molar-refractivity contribution in [3.8, 4) is 0 Å². The van der Waals surface area contributed by atoms with Gasteiger partial charge in [0.25, 0.3) is 0 Å². The Bertz CT molecular complexity index is 165. The van der Waals surface area contributed by atoms with Crippen LogP contribution in [0.25, 0.3) is 0 Å². The van der Waals surface area contributed by atoms with E-state index in [1.54, 1.807) is 0 Å². The van der Waals surface area contributed by atoms with Gasteiger partial charge in [0.1, 0.15) is 0 Å². The first-order chi connectivity index (χ1) is 6.14. The summed E-state index contributed by atoms with van der Waals surface area (Å²) >= 11 is 0. The van der Waals surface area contributed by atoms with Crippen molar-refractivity contribution in [3.05, 3.63) is 0 Å². The second-order valence-electron chi connectivity index (χ2n) is 4.58. The zero-order chi connectivity index (χ0) is 9.95. The van der Waals surface area contributed by atoms with Crippen molar-refractivity contribution in [2.24, 2.45) is 0 Å². The second kappa shape index (κ2) is 4.14. The van der Waals surface area contributed by atoms with E-state index < -0.39 is 8.07 Å². The predicted molar refractivity (Wildman–Crippen MR) is 60.6 cm³/mol. The quantitative estimate of drug-likeness (QED) is 0.693. The molecule has 1 heterocycles. The van der Waals surface area contributed by atoms with Crippen LogP contribution in [0, 0.1) is 0 Å². The molecule has 1 saturated heterocycles. The average molecular weight is 200 g/mol. The Morgan fingerprint density at radius 1 is 1.15 bits per heavy atom. The molecule has 0 aromatic heterocycles. The predicted octanol–water partition coefficient (Wildman–Crippen LogP) is 3.34. The van der Waals surface area contributed by atoms with E-state index in [-0.39, 0.29) is 5.22 Å². The summed E-state index contributed by atoms with van der Waals surface area (Å²) in [5.41, 5.74) is 0. The zero-order valence-electron chi connectivity index (χ0n) is 9.40. The fourth-order valence-electron chi connectivity index (χ4n) is 3.19. The molecule has 1 atom stereocenters. The Morgan fingerprint density at radius 3 is 2.15 bits per heavy atom. The Kier molecular flexibility index (Phi) is 3.58. The van der Waals surface area contributed by atoms with Crippen LogP contribution in [0.1, 0.15) is 46.5 Å². The maximum Gasteiger partial charge on any atom is 0.0906 e. The topological polar surface area (TPSA) is 20.2 Å². The van der Waals surface area contributed by atoms with Crippen molar-refractivity contribution in [2.75, 3.05) is 0 Å². The number of rotatable bonds is 3. The molecule has 0 aliphatic carbocycles. The van der Waals surface area contributed by atoms with E-state index in [9.17, 15) is 5.11 Å². The van der Waals surface area contributed by atoms with E-state index in [0.29, 0.717) is 0 Å². The fraction of sp³-hybridized carbons (Fsp3) is 1.00. The molecular formula is C11H24OSi. The minimum Gasteiger partial charge on any atom is -0.393 e. The fourth-order valence-corrected chi connectivity index (χ4v) is 8.56. The minimum absolute atomic E-state index is 0.227. The first-order valence-corrected chi connectivity index (χ1v) is 8.48. The van der Waals surface area contributed by atoms with Gasteiger partial charge in [-0.25, -0.2) is 0 Å². The third-order valence-corrected chi connectivity index (χ3v) is 11.0. The summed E-state index contributed by atoms with van der Waals surface area (Å²) in [7, 11) is -1.33. The highest BCUT2D eigenvalue weighted by atomic mass is 28.3. The van der Waals surface area contributed by atoms with E-state index in [2.05, 4.69) is 20.8 Å². The van der Waals surface area contributed by atoms with E-state index in [1.165, 1.54) is 31.0 Å². The Balaban J connectivity index is 2.87. The van der Waals surface area contributed by atoms with Gasteiger partial charge in [0.15, 0.2) is 0 Å². The van der Waals surface area contributed by atoms with E-state index in [4.69, 9.17) is 0 Å². The molecule has 0 amide bonds. The summed E-state index contributed by atoms with van der Waals surface area (Å²) in [6.45, 7) is 6.75. The van der Waals surface area contributed by atoms with Crippen LogP contribution in [-0.2, 0) is 0 Å². The first kappa shape index (κ1) is 11.3. The van der Waals surface area contributed by atoms with Gasteiger partial charge >= 0.3 is 0 Å². The van der Waals surface area contributed by atoms with Gasteiger partial charge in [-0.3, -0.25) is 0 Å². The summed E-state index contributed by atoms with van der Waals surface area (Å²) in [5.74, 6) is 0. The minimum atomic E-state index is -1.33. The lowest BCUT2D eigenvalue weighted by atomic mass is 10.1. The van der Waals surface area contributed by atoms with E-state index in [0.717, 1.165) is 12.8 Å². The lowest BCUT2D eigenvalue weighted by Gasteiger charge is -2.48. The molecule has 1 N–H and O–H groups in total. The molecule has 78 valence electrons. The highest BCUT2D eigenvalue weighted by Gasteiger charge is 2.49. The van der Waals surface area contributed by atoms with Crippen LogP contribution in [0.3, 0.4) is 0 Å². The highest BCUT2D eigenvalue weighted by molar-refractivity contribution is 6.82. The summed E-state index contributed by atoms with van der Waals surface area (Å²) in [4.78, 5) is 0. The average Bonchev–Trinajstić information content (AvgIpc) is 2.19. The van der Waals surface area contributed by atoms with Gasteiger partial charge in [0, 0.05) is 0 Å². The van der Waals surface area contributed by atoms with Crippen molar-refractivity contribution >= 4 is 8.07 Å². The highest BCUT2D eigenvalue weighted by Crippen LogP contribution is 2.43.